The second kappa shape index (κ2) is 8.81. The highest BCUT2D eigenvalue weighted by Crippen LogP contribution is 2.31. The molecule has 0 aliphatic heterocycles. The maximum atomic E-state index is 12.7. The number of anilines is 1. The number of ether oxygens (including phenoxy) is 1. The Bertz CT molecular complexity index is 1240. The van der Waals surface area contributed by atoms with Crippen molar-refractivity contribution in [3.05, 3.63) is 75.8 Å². The largest absolute Gasteiger partial charge is 0.480 e. The Labute approximate surface area is 194 Å². The minimum Gasteiger partial charge on any atom is -0.480 e. The molecule has 0 saturated heterocycles. The summed E-state index contributed by atoms with van der Waals surface area (Å²) in [6.07, 6.45) is -0.620. The third-order valence-corrected chi connectivity index (χ3v) is 6.56. The minimum atomic E-state index is -0.620. The Balaban J connectivity index is 1.45. The van der Waals surface area contributed by atoms with Gasteiger partial charge in [-0.25, -0.2) is 4.98 Å². The summed E-state index contributed by atoms with van der Waals surface area (Å²) in [6.45, 7) is 7.79. The van der Waals surface area contributed by atoms with Gasteiger partial charge in [0.25, 0.3) is 5.91 Å². The number of nitrogens with one attached hydrogen (secondary N) is 1. The van der Waals surface area contributed by atoms with Crippen molar-refractivity contribution in [1.82, 2.24) is 4.98 Å². The van der Waals surface area contributed by atoms with Gasteiger partial charge in [-0.05, 0) is 92.9 Å². The summed E-state index contributed by atoms with van der Waals surface area (Å²) in [4.78, 5) is 17.4. The van der Waals surface area contributed by atoms with Crippen LogP contribution in [0.1, 0.15) is 23.6 Å². The summed E-state index contributed by atoms with van der Waals surface area (Å²) in [5.74, 6) is 0.553. The predicted octanol–water partition coefficient (Wildman–Crippen LogP) is 7.06. The zero-order valence-electron chi connectivity index (χ0n) is 17.8. The van der Waals surface area contributed by atoms with Crippen molar-refractivity contribution >= 4 is 49.1 Å². The molecule has 0 radical (unpaired) electrons. The molecule has 1 unspecified atom stereocenters. The molecule has 31 heavy (non-hydrogen) atoms. The predicted molar refractivity (Wildman–Crippen MR) is 132 cm³/mol. The smallest absolute Gasteiger partial charge is 0.265 e. The first-order chi connectivity index (χ1) is 14.8. The number of thiazole rings is 1. The lowest BCUT2D eigenvalue weighted by molar-refractivity contribution is -0.122. The van der Waals surface area contributed by atoms with Gasteiger partial charge in [-0.2, -0.15) is 0 Å². The third-order valence-electron chi connectivity index (χ3n) is 5.03. The number of carbonyl (C=O) groups excluding carboxylic acids is 1. The molecule has 0 bridgehead atoms. The lowest BCUT2D eigenvalue weighted by Crippen LogP contribution is -2.30. The molecule has 4 aromatic rings. The Morgan fingerprint density at radius 2 is 1.71 bits per heavy atom. The van der Waals surface area contributed by atoms with E-state index in [2.05, 4.69) is 46.4 Å². The van der Waals surface area contributed by atoms with Gasteiger partial charge in [0.2, 0.25) is 0 Å². The van der Waals surface area contributed by atoms with Gasteiger partial charge in [-0.3, -0.25) is 4.79 Å². The maximum absolute atomic E-state index is 12.7. The number of hydrogen-bond acceptors (Lipinski definition) is 4. The van der Waals surface area contributed by atoms with Crippen LogP contribution in [-0.2, 0) is 4.79 Å². The molecule has 1 aromatic heterocycles. The molecular weight excluding hydrogens is 472 g/mol. The van der Waals surface area contributed by atoms with E-state index in [9.17, 15) is 4.79 Å². The van der Waals surface area contributed by atoms with Gasteiger partial charge in [-0.15, -0.1) is 11.3 Å². The first kappa shape index (κ1) is 21.5. The number of aromatic nitrogens is 1. The van der Waals surface area contributed by atoms with E-state index in [-0.39, 0.29) is 5.91 Å². The Hall–Kier alpha value is -2.70. The quantitative estimate of drug-likeness (QED) is 0.323. The van der Waals surface area contributed by atoms with Gasteiger partial charge >= 0.3 is 0 Å². The van der Waals surface area contributed by atoms with Crippen LogP contribution >= 0.6 is 27.3 Å². The molecule has 1 N–H and O–H groups in total. The van der Waals surface area contributed by atoms with Crippen LogP contribution in [0, 0.1) is 20.8 Å². The highest BCUT2D eigenvalue weighted by atomic mass is 79.9. The Morgan fingerprint density at radius 3 is 2.39 bits per heavy atom. The topological polar surface area (TPSA) is 51.2 Å². The van der Waals surface area contributed by atoms with Gasteiger partial charge in [0.1, 0.15) is 10.8 Å². The summed E-state index contributed by atoms with van der Waals surface area (Å²) in [7, 11) is 0. The maximum Gasteiger partial charge on any atom is 0.265 e. The van der Waals surface area contributed by atoms with Crippen LogP contribution in [0.15, 0.2) is 59.1 Å². The van der Waals surface area contributed by atoms with E-state index < -0.39 is 6.10 Å². The van der Waals surface area contributed by atoms with Crippen molar-refractivity contribution in [3.8, 4) is 16.3 Å². The molecule has 3 aromatic carbocycles. The monoisotopic (exact) mass is 494 g/mol. The van der Waals surface area contributed by atoms with Crippen LogP contribution in [0.25, 0.3) is 20.8 Å². The number of halogens is 1. The van der Waals surface area contributed by atoms with Crippen LogP contribution in [0.5, 0.6) is 5.75 Å². The number of amides is 1. The number of fused-ring (bicyclic) bond motifs is 1. The molecule has 4 nitrogen and oxygen atoms in total. The van der Waals surface area contributed by atoms with E-state index >= 15 is 0 Å². The zero-order chi connectivity index (χ0) is 22.1. The van der Waals surface area contributed by atoms with E-state index in [0.29, 0.717) is 0 Å². The standard InChI is InChI=1S/C25H23BrN2O2S/c1-14-5-10-21-22(11-14)31-25(28-21)18-6-8-20(9-7-18)27-24(29)17(4)30-23-15(2)12-19(26)13-16(23)3/h5-13,17H,1-4H3,(H,27,29). The molecule has 1 heterocycles. The Kier molecular flexibility index (Phi) is 6.12. The third kappa shape index (κ3) is 4.81. The van der Waals surface area contributed by atoms with Gasteiger partial charge < -0.3 is 10.1 Å². The molecule has 0 saturated carbocycles. The summed E-state index contributed by atoms with van der Waals surface area (Å²) >= 11 is 5.16. The average Bonchev–Trinajstić information content (AvgIpc) is 3.14. The molecular formula is C25H23BrN2O2S. The van der Waals surface area contributed by atoms with E-state index in [1.165, 1.54) is 10.3 Å². The number of carbonyl (C=O) groups is 1. The van der Waals surface area contributed by atoms with Crippen LogP contribution in [0.4, 0.5) is 5.69 Å². The van der Waals surface area contributed by atoms with Crippen molar-refractivity contribution in [2.24, 2.45) is 0 Å². The molecule has 1 amide bonds. The van der Waals surface area contributed by atoms with Crippen molar-refractivity contribution in [1.29, 1.82) is 0 Å². The van der Waals surface area contributed by atoms with Crippen molar-refractivity contribution in [3.63, 3.8) is 0 Å². The number of rotatable bonds is 5. The summed E-state index contributed by atoms with van der Waals surface area (Å²) in [5.41, 5.74) is 5.97. The second-order valence-electron chi connectivity index (χ2n) is 7.69. The molecule has 6 heteroatoms. The first-order valence-electron chi connectivity index (χ1n) is 10.0. The first-order valence-corrected chi connectivity index (χ1v) is 11.6. The summed E-state index contributed by atoms with van der Waals surface area (Å²) in [6, 6.07) is 18.0. The molecule has 4 rings (SSSR count). The molecule has 0 fully saturated rings. The molecule has 0 spiro atoms. The van der Waals surface area contributed by atoms with E-state index in [1.54, 1.807) is 18.3 Å². The van der Waals surface area contributed by atoms with Crippen LogP contribution in [0.2, 0.25) is 0 Å². The van der Waals surface area contributed by atoms with Crippen LogP contribution in [-0.4, -0.2) is 17.0 Å². The van der Waals surface area contributed by atoms with Gasteiger partial charge in [0.15, 0.2) is 6.10 Å². The lowest BCUT2D eigenvalue weighted by atomic mass is 10.1. The molecule has 0 aliphatic rings. The highest BCUT2D eigenvalue weighted by Gasteiger charge is 2.18. The van der Waals surface area contributed by atoms with Crippen molar-refractivity contribution < 1.29 is 9.53 Å². The average molecular weight is 495 g/mol. The van der Waals surface area contributed by atoms with E-state index in [1.807, 2.05) is 50.2 Å². The highest BCUT2D eigenvalue weighted by molar-refractivity contribution is 9.10. The normalized spacial score (nSPS) is 12.0. The fourth-order valence-corrected chi connectivity index (χ4v) is 5.17. The van der Waals surface area contributed by atoms with Gasteiger partial charge in [-0.1, -0.05) is 22.0 Å². The number of hydrogen-bond donors (Lipinski definition) is 1. The van der Waals surface area contributed by atoms with Crippen molar-refractivity contribution in [2.45, 2.75) is 33.8 Å². The zero-order valence-corrected chi connectivity index (χ0v) is 20.2. The van der Waals surface area contributed by atoms with E-state index in [0.717, 1.165) is 43.1 Å². The van der Waals surface area contributed by atoms with E-state index in [4.69, 9.17) is 9.72 Å². The van der Waals surface area contributed by atoms with Gasteiger partial charge in [0.05, 0.1) is 10.2 Å². The lowest BCUT2D eigenvalue weighted by Gasteiger charge is -2.18. The number of nitrogens with zero attached hydrogens (tertiary/aromatic N) is 1. The SMILES string of the molecule is Cc1ccc2nc(-c3ccc(NC(=O)C(C)Oc4c(C)cc(Br)cc4C)cc3)sc2c1. The fraction of sp³-hybridized carbons (Fsp3) is 0.200. The second-order valence-corrected chi connectivity index (χ2v) is 9.63. The summed E-state index contributed by atoms with van der Waals surface area (Å²) in [5, 5.41) is 3.90. The fourth-order valence-electron chi connectivity index (χ4n) is 3.41. The van der Waals surface area contributed by atoms with Gasteiger partial charge in [0, 0.05) is 15.7 Å². The minimum absolute atomic E-state index is 0.190. The number of benzene rings is 3. The van der Waals surface area contributed by atoms with Crippen molar-refractivity contribution in [2.75, 3.05) is 5.32 Å². The molecule has 1 atom stereocenters. The molecule has 158 valence electrons. The Morgan fingerprint density at radius 1 is 1.03 bits per heavy atom. The van der Waals surface area contributed by atoms with Crippen LogP contribution in [0.3, 0.4) is 0 Å². The summed E-state index contributed by atoms with van der Waals surface area (Å²) < 4.78 is 8.13. The number of aryl methyl sites for hydroxylation is 3. The van der Waals surface area contributed by atoms with Crippen LogP contribution < -0.4 is 10.1 Å². The molecule has 0 aliphatic carbocycles.